The molecule has 2 unspecified atom stereocenters. The fourth-order valence-corrected chi connectivity index (χ4v) is 4.19. The first-order valence-corrected chi connectivity index (χ1v) is 10.6. The molecule has 1 aromatic carbocycles. The molecule has 2 N–H and O–H groups in total. The molecule has 4 heteroatoms. The van der Waals surface area contributed by atoms with E-state index in [-0.39, 0.29) is 0 Å². The number of rotatable bonds is 8. The largest absolute Gasteiger partial charge is 0.330 e. The molecule has 2 atom stereocenters. The van der Waals surface area contributed by atoms with Crippen molar-refractivity contribution in [1.29, 1.82) is 0 Å². The maximum Gasteiger partial charge on any atom is 0.110 e. The number of aryl methyl sites for hydroxylation is 1. The highest BCUT2D eigenvalue weighted by molar-refractivity contribution is 14.1. The summed E-state index contributed by atoms with van der Waals surface area (Å²) in [5.41, 5.74) is 11.5. The van der Waals surface area contributed by atoms with Crippen LogP contribution in [-0.2, 0) is 3.07 Å². The van der Waals surface area contributed by atoms with Crippen molar-refractivity contribution in [2.75, 3.05) is 6.54 Å². The van der Waals surface area contributed by atoms with Crippen LogP contribution in [0.15, 0.2) is 53.4 Å². The summed E-state index contributed by atoms with van der Waals surface area (Å²) in [6, 6.07) is 8.46. The van der Waals surface area contributed by atoms with Crippen molar-refractivity contribution in [2.24, 2.45) is 17.6 Å². The Labute approximate surface area is 175 Å². The van der Waals surface area contributed by atoms with Crippen LogP contribution in [0, 0.1) is 18.8 Å². The molecule has 1 aromatic rings. The predicted octanol–water partition coefficient (Wildman–Crippen LogP) is 6.21. The second-order valence-corrected chi connectivity index (χ2v) is 8.85. The van der Waals surface area contributed by atoms with Crippen molar-refractivity contribution < 1.29 is 3.07 Å². The van der Waals surface area contributed by atoms with E-state index in [4.69, 9.17) is 8.80 Å². The zero-order valence-corrected chi connectivity index (χ0v) is 19.6. The van der Waals surface area contributed by atoms with Gasteiger partial charge in [0.15, 0.2) is 0 Å². The molecule has 2 nitrogen and oxygen atoms in total. The highest BCUT2D eigenvalue weighted by Gasteiger charge is 2.32. The molecule has 1 saturated carbocycles. The van der Waals surface area contributed by atoms with Gasteiger partial charge in [-0.25, -0.2) is 0 Å². The monoisotopic (exact) mass is 483 g/mol. The second kappa shape index (κ2) is 9.14. The Balaban J connectivity index is 2.49. The van der Waals surface area contributed by atoms with E-state index < -0.39 is 5.60 Å². The van der Waals surface area contributed by atoms with Gasteiger partial charge in [0.1, 0.15) is 28.6 Å². The van der Waals surface area contributed by atoms with Gasteiger partial charge in [0.05, 0.1) is 0 Å². The van der Waals surface area contributed by atoms with E-state index in [1.165, 1.54) is 24.0 Å². The molecular weight excluding hydrogens is 452 g/mol. The lowest BCUT2D eigenvalue weighted by Crippen LogP contribution is -2.25. The highest BCUT2D eigenvalue weighted by atomic mass is 127. The Hall–Kier alpha value is -0.480. The first-order valence-electron chi connectivity index (χ1n) is 9.15. The molecule has 1 aliphatic rings. The summed E-state index contributed by atoms with van der Waals surface area (Å²) in [4.78, 5) is 0. The smallest absolute Gasteiger partial charge is 0.110 e. The van der Waals surface area contributed by atoms with Crippen LogP contribution in [0.3, 0.4) is 0 Å². The van der Waals surface area contributed by atoms with E-state index in [9.17, 15) is 0 Å². The molecule has 0 aliphatic heterocycles. The van der Waals surface area contributed by atoms with Crippen LogP contribution in [0.1, 0.15) is 44.7 Å². The van der Waals surface area contributed by atoms with Crippen molar-refractivity contribution in [3.63, 3.8) is 0 Å². The average molecular weight is 483 g/mol. The summed E-state index contributed by atoms with van der Waals surface area (Å²) >= 11 is 1.99. The van der Waals surface area contributed by atoms with Crippen molar-refractivity contribution in [3.8, 4) is 0 Å². The minimum atomic E-state index is -0.422. The molecule has 2 rings (SSSR count). The van der Waals surface area contributed by atoms with Crippen molar-refractivity contribution >= 4 is 37.8 Å². The van der Waals surface area contributed by atoms with Crippen LogP contribution >= 0.6 is 32.2 Å². The fourth-order valence-electron chi connectivity index (χ4n) is 3.35. The quantitative estimate of drug-likeness (QED) is 0.271. The summed E-state index contributed by atoms with van der Waals surface area (Å²) in [5, 5.41) is 1.09. The molecule has 0 amide bonds. The van der Waals surface area contributed by atoms with E-state index in [1.807, 2.05) is 23.0 Å². The SMILES string of the molecule is C=C(/C(P)=C(\C=C(/C)C(CN)C1CC1)C(C)(C)OI)c1cccc(C)c1. The standard InChI is InChI=1S/C22H31INOP/c1-14-7-6-8-18(11-14)16(3)21(26)20(22(4,5)25-23)12-15(2)19(13-24)17-9-10-17/h6-8,11-12,17,19H,3,9-10,13,24,26H2,1-2,4-5H3/b15-12+,21-20-. The van der Waals surface area contributed by atoms with Gasteiger partial charge in [-0.1, -0.05) is 48.1 Å². The topological polar surface area (TPSA) is 35.2 Å². The molecular formula is C22H31INOP. The minimum absolute atomic E-state index is 0.422. The number of allylic oxidation sites excluding steroid dienone is 2. The molecule has 0 radical (unpaired) electrons. The van der Waals surface area contributed by atoms with Crippen LogP contribution in [0.2, 0.25) is 0 Å². The van der Waals surface area contributed by atoms with E-state index in [0.29, 0.717) is 12.5 Å². The van der Waals surface area contributed by atoms with Crippen LogP contribution in [-0.4, -0.2) is 12.1 Å². The van der Waals surface area contributed by atoms with Gasteiger partial charge in [-0.15, -0.1) is 9.24 Å². The minimum Gasteiger partial charge on any atom is -0.330 e. The molecule has 0 heterocycles. The molecule has 0 saturated heterocycles. The zero-order chi connectivity index (χ0) is 19.5. The zero-order valence-electron chi connectivity index (χ0n) is 16.3. The molecule has 26 heavy (non-hydrogen) atoms. The van der Waals surface area contributed by atoms with E-state index in [0.717, 1.165) is 27.9 Å². The Morgan fingerprint density at radius 3 is 2.62 bits per heavy atom. The van der Waals surface area contributed by atoms with Crippen LogP contribution in [0.5, 0.6) is 0 Å². The van der Waals surface area contributed by atoms with Crippen LogP contribution in [0.25, 0.3) is 5.57 Å². The second-order valence-electron chi connectivity index (χ2n) is 7.83. The lowest BCUT2D eigenvalue weighted by atomic mass is 9.88. The Morgan fingerprint density at radius 2 is 2.12 bits per heavy atom. The van der Waals surface area contributed by atoms with Gasteiger partial charge < -0.3 is 8.80 Å². The van der Waals surface area contributed by atoms with Gasteiger partial charge in [0.25, 0.3) is 0 Å². The van der Waals surface area contributed by atoms with Crippen LogP contribution in [0.4, 0.5) is 0 Å². The number of benzene rings is 1. The highest BCUT2D eigenvalue weighted by Crippen LogP contribution is 2.42. The van der Waals surface area contributed by atoms with Gasteiger partial charge in [-0.2, -0.15) is 0 Å². The third-order valence-corrected chi connectivity index (χ3v) is 6.99. The average Bonchev–Trinajstić information content (AvgIpc) is 3.44. The van der Waals surface area contributed by atoms with Crippen molar-refractivity contribution in [1.82, 2.24) is 0 Å². The summed E-state index contributed by atoms with van der Waals surface area (Å²) in [5.74, 6) is 1.20. The number of hydrogen-bond donors (Lipinski definition) is 1. The molecule has 0 bridgehead atoms. The van der Waals surface area contributed by atoms with Gasteiger partial charge in [-0.3, -0.25) is 0 Å². The number of halogens is 1. The summed E-state index contributed by atoms with van der Waals surface area (Å²) in [6.07, 6.45) is 4.86. The molecule has 1 aliphatic carbocycles. The van der Waals surface area contributed by atoms with E-state index in [1.54, 1.807) is 0 Å². The normalized spacial score (nSPS) is 17.7. The van der Waals surface area contributed by atoms with E-state index in [2.05, 4.69) is 73.9 Å². The lowest BCUT2D eigenvalue weighted by molar-refractivity contribution is 0.226. The first kappa shape index (κ1) is 21.8. The first-order chi connectivity index (χ1) is 12.2. The fraction of sp³-hybridized carbons (Fsp3) is 0.455. The summed E-state index contributed by atoms with van der Waals surface area (Å²) in [7, 11) is 2.89. The Morgan fingerprint density at radius 1 is 1.46 bits per heavy atom. The number of nitrogens with two attached hydrogens (primary N) is 1. The van der Waals surface area contributed by atoms with Crippen molar-refractivity contribution in [2.45, 2.75) is 46.1 Å². The lowest BCUT2D eigenvalue weighted by Gasteiger charge is -2.28. The van der Waals surface area contributed by atoms with Gasteiger partial charge >= 0.3 is 0 Å². The van der Waals surface area contributed by atoms with Gasteiger partial charge in [0, 0.05) is 0 Å². The predicted molar refractivity (Wildman–Crippen MR) is 125 cm³/mol. The molecule has 142 valence electrons. The van der Waals surface area contributed by atoms with Gasteiger partial charge in [0.2, 0.25) is 0 Å². The molecule has 1 fully saturated rings. The third-order valence-electron chi connectivity index (χ3n) is 5.23. The maximum absolute atomic E-state index is 6.06. The third kappa shape index (κ3) is 5.28. The summed E-state index contributed by atoms with van der Waals surface area (Å²) < 4.78 is 5.80. The van der Waals surface area contributed by atoms with E-state index >= 15 is 0 Å². The number of hydrogen-bond acceptors (Lipinski definition) is 2. The Bertz CT molecular complexity index is 731. The van der Waals surface area contributed by atoms with Gasteiger partial charge in [-0.05, 0) is 80.9 Å². The van der Waals surface area contributed by atoms with Crippen LogP contribution < -0.4 is 5.73 Å². The molecule has 0 aromatic heterocycles. The Kier molecular flexibility index (Phi) is 7.67. The van der Waals surface area contributed by atoms with Crippen molar-refractivity contribution in [3.05, 3.63) is 64.5 Å². The maximum atomic E-state index is 6.06. The summed E-state index contributed by atoms with van der Waals surface area (Å²) in [6.45, 7) is 13.6. The molecule has 0 spiro atoms.